The maximum Gasteiger partial charge on any atom is 0.459 e. The van der Waals surface area contributed by atoms with Crippen LogP contribution < -0.4 is 5.01 Å². The standard InChI is InChI=1S/C23H22ClF5N4O2S/c1-2-36(34,35)32-12-10-15(11-13-32)17-7-5-8-18(30-17)20-14-21(22(25,26)23(27,28)29)31-33(20)19-9-4-3-6-16(19)24/h3-10,20H,2,11-14H2,1H3. The summed E-state index contributed by atoms with van der Waals surface area (Å²) in [6, 6.07) is 9.90. The third-order valence-corrected chi connectivity index (χ3v) is 8.27. The number of hydrazone groups is 1. The van der Waals surface area contributed by atoms with E-state index in [1.54, 1.807) is 37.3 Å². The number of aromatic nitrogens is 1. The first-order chi connectivity index (χ1) is 16.8. The lowest BCUT2D eigenvalue weighted by Gasteiger charge is -2.26. The highest BCUT2D eigenvalue weighted by Crippen LogP contribution is 2.45. The Balaban J connectivity index is 1.69. The average molecular weight is 549 g/mol. The molecule has 0 N–H and O–H groups in total. The number of pyridine rings is 1. The molecule has 0 radical (unpaired) electrons. The van der Waals surface area contributed by atoms with Crippen LogP contribution in [0.4, 0.5) is 27.6 Å². The molecule has 0 saturated heterocycles. The maximum absolute atomic E-state index is 14.2. The summed E-state index contributed by atoms with van der Waals surface area (Å²) in [5.41, 5.74) is 0.305. The molecule has 1 unspecified atom stereocenters. The lowest BCUT2D eigenvalue weighted by molar-refractivity contribution is -0.249. The van der Waals surface area contributed by atoms with Gasteiger partial charge < -0.3 is 0 Å². The van der Waals surface area contributed by atoms with Gasteiger partial charge in [-0.3, -0.25) is 9.99 Å². The molecule has 0 saturated carbocycles. The summed E-state index contributed by atoms with van der Waals surface area (Å²) >= 11 is 6.22. The summed E-state index contributed by atoms with van der Waals surface area (Å²) in [6.07, 6.45) is -4.42. The number of para-hydroxylation sites is 1. The molecule has 1 aromatic carbocycles. The van der Waals surface area contributed by atoms with Crippen LogP contribution >= 0.6 is 11.6 Å². The van der Waals surface area contributed by atoms with Crippen molar-refractivity contribution in [2.75, 3.05) is 23.9 Å². The Morgan fingerprint density at radius 1 is 1.08 bits per heavy atom. The zero-order valence-electron chi connectivity index (χ0n) is 19.0. The van der Waals surface area contributed by atoms with E-state index in [0.29, 0.717) is 12.1 Å². The van der Waals surface area contributed by atoms with E-state index in [1.165, 1.54) is 22.5 Å². The topological polar surface area (TPSA) is 65.9 Å². The monoisotopic (exact) mass is 548 g/mol. The number of alkyl halides is 5. The molecule has 2 aromatic rings. The fraction of sp³-hybridized carbons (Fsp3) is 0.391. The highest BCUT2D eigenvalue weighted by molar-refractivity contribution is 7.89. The predicted octanol–water partition coefficient (Wildman–Crippen LogP) is 5.68. The summed E-state index contributed by atoms with van der Waals surface area (Å²) in [7, 11) is -3.35. The van der Waals surface area contributed by atoms with E-state index in [9.17, 15) is 30.4 Å². The highest BCUT2D eigenvalue weighted by Gasteiger charge is 2.63. The second-order valence-electron chi connectivity index (χ2n) is 8.32. The van der Waals surface area contributed by atoms with Crippen molar-refractivity contribution < 1.29 is 30.4 Å². The molecule has 3 heterocycles. The second-order valence-corrected chi connectivity index (χ2v) is 11.0. The Morgan fingerprint density at radius 3 is 2.42 bits per heavy atom. The first kappa shape index (κ1) is 26.5. The van der Waals surface area contributed by atoms with Gasteiger partial charge in [0.1, 0.15) is 11.8 Å². The molecule has 2 aliphatic heterocycles. The van der Waals surface area contributed by atoms with Gasteiger partial charge in [-0.1, -0.05) is 35.9 Å². The van der Waals surface area contributed by atoms with Crippen LogP contribution in [-0.4, -0.2) is 54.4 Å². The van der Waals surface area contributed by atoms with Crippen molar-refractivity contribution in [2.45, 2.75) is 37.9 Å². The van der Waals surface area contributed by atoms with Gasteiger partial charge in [0.25, 0.3) is 0 Å². The quantitative estimate of drug-likeness (QED) is 0.436. The van der Waals surface area contributed by atoms with Crippen LogP contribution in [0.3, 0.4) is 0 Å². The minimum Gasteiger partial charge on any atom is -0.254 e. The predicted molar refractivity (Wildman–Crippen MR) is 128 cm³/mol. The van der Waals surface area contributed by atoms with Gasteiger partial charge in [-0.15, -0.1) is 0 Å². The number of nitrogens with zero attached hydrogens (tertiary/aromatic N) is 4. The van der Waals surface area contributed by atoms with E-state index in [-0.39, 0.29) is 35.2 Å². The molecule has 1 atom stereocenters. The number of halogens is 6. The summed E-state index contributed by atoms with van der Waals surface area (Å²) in [5.74, 6) is -5.15. The SMILES string of the molecule is CCS(=O)(=O)N1CC=C(c2cccc(C3CC(C(F)(F)C(F)(F)F)=NN3c3ccccc3Cl)n2)CC1. The number of sulfonamides is 1. The summed E-state index contributed by atoms with van der Waals surface area (Å²) < 4.78 is 93.5. The van der Waals surface area contributed by atoms with Crippen LogP contribution in [0.5, 0.6) is 0 Å². The Morgan fingerprint density at radius 2 is 1.81 bits per heavy atom. The Bertz CT molecular complexity index is 1310. The third kappa shape index (κ3) is 4.98. The molecule has 13 heteroatoms. The Labute approximate surface area is 210 Å². The number of anilines is 1. The van der Waals surface area contributed by atoms with Crippen molar-refractivity contribution in [3.05, 3.63) is 65.0 Å². The normalized spacial score (nSPS) is 19.9. The number of benzene rings is 1. The van der Waals surface area contributed by atoms with Gasteiger partial charge >= 0.3 is 12.1 Å². The molecule has 0 amide bonds. The highest BCUT2D eigenvalue weighted by atomic mass is 35.5. The minimum absolute atomic E-state index is 0.0195. The molecule has 0 aliphatic carbocycles. The molecule has 1 aromatic heterocycles. The maximum atomic E-state index is 14.2. The molecule has 194 valence electrons. The van der Waals surface area contributed by atoms with Crippen LogP contribution in [0.2, 0.25) is 5.02 Å². The fourth-order valence-corrected chi connectivity index (χ4v) is 5.35. The second kappa shape index (κ2) is 9.71. The van der Waals surface area contributed by atoms with Crippen molar-refractivity contribution in [2.24, 2.45) is 5.10 Å². The summed E-state index contributed by atoms with van der Waals surface area (Å²) in [6.45, 7) is 1.98. The zero-order valence-corrected chi connectivity index (χ0v) is 20.6. The van der Waals surface area contributed by atoms with E-state index in [1.807, 2.05) is 0 Å². The molecule has 0 fully saturated rings. The van der Waals surface area contributed by atoms with Crippen LogP contribution in [0, 0.1) is 0 Å². The third-order valence-electron chi connectivity index (χ3n) is 6.10. The van der Waals surface area contributed by atoms with Gasteiger partial charge in [0.05, 0.1) is 27.9 Å². The molecular weight excluding hydrogens is 527 g/mol. The largest absolute Gasteiger partial charge is 0.459 e. The first-order valence-electron chi connectivity index (χ1n) is 11.1. The van der Waals surface area contributed by atoms with Crippen molar-refractivity contribution in [1.82, 2.24) is 9.29 Å². The van der Waals surface area contributed by atoms with E-state index >= 15 is 0 Å². The van der Waals surface area contributed by atoms with Crippen molar-refractivity contribution in [3.8, 4) is 0 Å². The average Bonchev–Trinajstić information content (AvgIpc) is 3.30. The Hall–Kier alpha value is -2.57. The Kier molecular flexibility index (Phi) is 7.15. The van der Waals surface area contributed by atoms with Gasteiger partial charge in [-0.2, -0.15) is 31.4 Å². The number of hydrogen-bond acceptors (Lipinski definition) is 5. The lowest BCUT2D eigenvalue weighted by Crippen LogP contribution is -2.43. The van der Waals surface area contributed by atoms with Gasteiger partial charge in [-0.25, -0.2) is 8.42 Å². The fourth-order valence-electron chi connectivity index (χ4n) is 4.09. The summed E-state index contributed by atoms with van der Waals surface area (Å²) in [5, 5.41) is 4.85. The van der Waals surface area contributed by atoms with E-state index in [0.717, 1.165) is 10.6 Å². The first-order valence-corrected chi connectivity index (χ1v) is 13.0. The van der Waals surface area contributed by atoms with Crippen molar-refractivity contribution >= 4 is 38.6 Å². The van der Waals surface area contributed by atoms with Crippen molar-refractivity contribution in [3.63, 3.8) is 0 Å². The van der Waals surface area contributed by atoms with E-state index in [4.69, 9.17) is 11.6 Å². The van der Waals surface area contributed by atoms with Crippen LogP contribution in [0.25, 0.3) is 5.57 Å². The molecule has 0 spiro atoms. The molecular formula is C23H22ClF5N4O2S. The zero-order chi connectivity index (χ0) is 26.3. The smallest absolute Gasteiger partial charge is 0.254 e. The number of rotatable bonds is 6. The number of hydrogen-bond donors (Lipinski definition) is 0. The van der Waals surface area contributed by atoms with Gasteiger partial charge in [0.15, 0.2) is 0 Å². The molecule has 6 nitrogen and oxygen atoms in total. The van der Waals surface area contributed by atoms with Gasteiger partial charge in [0, 0.05) is 19.5 Å². The van der Waals surface area contributed by atoms with Crippen LogP contribution in [0.1, 0.15) is 37.2 Å². The lowest BCUT2D eigenvalue weighted by atomic mass is 10.0. The van der Waals surface area contributed by atoms with Crippen molar-refractivity contribution in [1.29, 1.82) is 0 Å². The minimum atomic E-state index is -5.81. The molecule has 0 bridgehead atoms. The summed E-state index contributed by atoms with van der Waals surface area (Å²) in [4.78, 5) is 4.55. The molecule has 2 aliphatic rings. The molecule has 4 rings (SSSR count). The van der Waals surface area contributed by atoms with Gasteiger partial charge in [-0.05, 0) is 43.2 Å². The van der Waals surface area contributed by atoms with Crippen LogP contribution in [0.15, 0.2) is 53.6 Å². The van der Waals surface area contributed by atoms with E-state index < -0.39 is 40.3 Å². The molecule has 36 heavy (non-hydrogen) atoms. The van der Waals surface area contributed by atoms with Gasteiger partial charge in [0.2, 0.25) is 10.0 Å². The van der Waals surface area contributed by atoms with E-state index in [2.05, 4.69) is 10.1 Å². The van der Waals surface area contributed by atoms with Crippen LogP contribution in [-0.2, 0) is 10.0 Å².